The van der Waals surface area contributed by atoms with E-state index in [4.69, 9.17) is 19.9 Å². The van der Waals surface area contributed by atoms with E-state index in [9.17, 15) is 0 Å². The minimum absolute atomic E-state index is 0.600. The van der Waals surface area contributed by atoms with Gasteiger partial charge in [0.15, 0.2) is 0 Å². The largest absolute Gasteiger partial charge is 0.332 e. The van der Waals surface area contributed by atoms with Gasteiger partial charge in [0.25, 0.3) is 0 Å². The molecule has 0 aromatic heterocycles. The van der Waals surface area contributed by atoms with E-state index in [2.05, 4.69) is 20.8 Å². The molecule has 0 aliphatic carbocycles. The standard InChI is InChI=1S/C13H31NO3Si/c1-4-9-15-13(16-10-5-2,17-11-6-3)18-12-7-8-14/h4-12,14,18H2,1-3H3. The maximum absolute atomic E-state index is 5.91. The first-order chi connectivity index (χ1) is 8.74. The molecule has 2 N–H and O–H groups in total. The van der Waals surface area contributed by atoms with Gasteiger partial charge in [0.2, 0.25) is 5.60 Å². The van der Waals surface area contributed by atoms with Crippen LogP contribution in [0, 0.1) is 0 Å². The first kappa shape index (κ1) is 18.1. The average molecular weight is 277 g/mol. The van der Waals surface area contributed by atoms with Crippen molar-refractivity contribution in [3.8, 4) is 0 Å². The van der Waals surface area contributed by atoms with Crippen molar-refractivity contribution in [2.75, 3.05) is 26.4 Å². The van der Waals surface area contributed by atoms with Gasteiger partial charge in [-0.2, -0.15) is 0 Å². The highest BCUT2D eigenvalue weighted by atomic mass is 28.2. The van der Waals surface area contributed by atoms with Crippen LogP contribution in [0.5, 0.6) is 0 Å². The molecule has 0 saturated heterocycles. The predicted molar refractivity (Wildman–Crippen MR) is 78.5 cm³/mol. The molecule has 18 heavy (non-hydrogen) atoms. The summed E-state index contributed by atoms with van der Waals surface area (Å²) in [5.41, 5.74) is 4.85. The highest BCUT2D eigenvalue weighted by Crippen LogP contribution is 2.18. The van der Waals surface area contributed by atoms with E-state index < -0.39 is 15.1 Å². The monoisotopic (exact) mass is 277 g/mol. The Labute approximate surface area is 114 Å². The van der Waals surface area contributed by atoms with Gasteiger partial charge in [-0.05, 0) is 32.2 Å². The zero-order chi connectivity index (χ0) is 13.7. The molecule has 0 fully saturated rings. The minimum Gasteiger partial charge on any atom is -0.332 e. The second kappa shape index (κ2) is 12.1. The van der Waals surface area contributed by atoms with E-state index in [0.29, 0.717) is 19.8 Å². The summed E-state index contributed by atoms with van der Waals surface area (Å²) >= 11 is 0. The maximum Gasteiger partial charge on any atom is 0.249 e. The Morgan fingerprint density at radius 3 is 1.67 bits per heavy atom. The van der Waals surface area contributed by atoms with Crippen molar-refractivity contribution in [3.63, 3.8) is 0 Å². The summed E-state index contributed by atoms with van der Waals surface area (Å²) in [6.07, 6.45) is 3.99. The molecular formula is C13H31NO3Si. The van der Waals surface area contributed by atoms with Crippen molar-refractivity contribution in [2.24, 2.45) is 5.73 Å². The summed E-state index contributed by atoms with van der Waals surface area (Å²) in [5.74, 6) is 0. The highest BCUT2D eigenvalue weighted by molar-refractivity contribution is 6.38. The molecule has 4 nitrogen and oxygen atoms in total. The Morgan fingerprint density at radius 1 is 0.889 bits per heavy atom. The fraction of sp³-hybridized carbons (Fsp3) is 1.00. The normalized spacial score (nSPS) is 12.7. The lowest BCUT2D eigenvalue weighted by molar-refractivity contribution is -0.327. The van der Waals surface area contributed by atoms with Crippen LogP contribution < -0.4 is 5.73 Å². The number of ether oxygens (including phenoxy) is 3. The van der Waals surface area contributed by atoms with Crippen LogP contribution in [0.4, 0.5) is 0 Å². The van der Waals surface area contributed by atoms with Crippen LogP contribution in [0.3, 0.4) is 0 Å². The molecule has 0 rings (SSSR count). The van der Waals surface area contributed by atoms with Crippen molar-refractivity contribution in [1.82, 2.24) is 0 Å². The van der Waals surface area contributed by atoms with E-state index in [-0.39, 0.29) is 0 Å². The molecule has 0 aliphatic rings. The number of nitrogens with two attached hydrogens (primary N) is 1. The van der Waals surface area contributed by atoms with Crippen LogP contribution in [-0.2, 0) is 14.2 Å². The molecule has 5 heteroatoms. The van der Waals surface area contributed by atoms with Gasteiger partial charge in [0, 0.05) is 0 Å². The minimum atomic E-state index is -0.711. The lowest BCUT2D eigenvalue weighted by Crippen LogP contribution is -2.46. The third kappa shape index (κ3) is 8.21. The molecule has 0 atom stereocenters. The number of hydrogen-bond donors (Lipinski definition) is 1. The second-order valence-corrected chi connectivity index (χ2v) is 6.55. The third-order valence-corrected chi connectivity index (χ3v) is 4.59. The highest BCUT2D eigenvalue weighted by Gasteiger charge is 2.32. The Kier molecular flexibility index (Phi) is 12.1. The molecule has 0 saturated carbocycles. The zero-order valence-corrected chi connectivity index (χ0v) is 13.8. The fourth-order valence-electron chi connectivity index (χ4n) is 1.60. The third-order valence-electron chi connectivity index (χ3n) is 2.52. The summed E-state index contributed by atoms with van der Waals surface area (Å²) in [5, 5.41) is 0. The Hall–Kier alpha value is 0.0569. The second-order valence-electron chi connectivity index (χ2n) is 4.47. The average Bonchev–Trinajstić information content (AvgIpc) is 2.40. The number of hydrogen-bond acceptors (Lipinski definition) is 4. The first-order valence-electron chi connectivity index (χ1n) is 7.36. The van der Waals surface area contributed by atoms with Crippen LogP contribution >= 0.6 is 0 Å². The van der Waals surface area contributed by atoms with Gasteiger partial charge in [-0.3, -0.25) is 0 Å². The molecule has 110 valence electrons. The van der Waals surface area contributed by atoms with E-state index in [1.165, 1.54) is 0 Å². The van der Waals surface area contributed by atoms with Gasteiger partial charge in [0.05, 0.1) is 19.8 Å². The van der Waals surface area contributed by atoms with Crippen LogP contribution in [0.1, 0.15) is 46.5 Å². The van der Waals surface area contributed by atoms with Crippen LogP contribution in [0.25, 0.3) is 0 Å². The Bertz CT molecular complexity index is 160. The van der Waals surface area contributed by atoms with E-state index in [1.807, 2.05) is 0 Å². The van der Waals surface area contributed by atoms with E-state index in [0.717, 1.165) is 38.3 Å². The van der Waals surface area contributed by atoms with Crippen LogP contribution in [0.2, 0.25) is 6.04 Å². The molecule has 0 aliphatic heterocycles. The number of rotatable bonds is 13. The topological polar surface area (TPSA) is 53.7 Å². The summed E-state index contributed by atoms with van der Waals surface area (Å²) in [6.45, 7) is 9.14. The maximum atomic E-state index is 5.91. The zero-order valence-electron chi connectivity index (χ0n) is 12.4. The molecular weight excluding hydrogens is 246 g/mol. The van der Waals surface area contributed by atoms with Crippen molar-refractivity contribution >= 4 is 9.52 Å². The fourth-order valence-corrected chi connectivity index (χ4v) is 3.44. The van der Waals surface area contributed by atoms with Gasteiger partial charge in [-0.15, -0.1) is 0 Å². The van der Waals surface area contributed by atoms with Gasteiger partial charge < -0.3 is 19.9 Å². The molecule has 0 unspecified atom stereocenters. The molecule has 0 aromatic carbocycles. The van der Waals surface area contributed by atoms with E-state index in [1.54, 1.807) is 0 Å². The van der Waals surface area contributed by atoms with Gasteiger partial charge >= 0.3 is 0 Å². The Morgan fingerprint density at radius 2 is 1.33 bits per heavy atom. The lowest BCUT2D eigenvalue weighted by Gasteiger charge is -2.33. The summed E-state index contributed by atoms with van der Waals surface area (Å²) in [6, 6.07) is 1.10. The SMILES string of the molecule is CCCOC(OCCC)(OCCC)[SiH2]CCCN. The summed E-state index contributed by atoms with van der Waals surface area (Å²) in [4.78, 5) is 0. The molecule has 0 amide bonds. The van der Waals surface area contributed by atoms with Crippen molar-refractivity contribution in [1.29, 1.82) is 0 Å². The van der Waals surface area contributed by atoms with Gasteiger partial charge in [-0.1, -0.05) is 26.8 Å². The molecule has 0 aromatic rings. The quantitative estimate of drug-likeness (QED) is 0.317. The molecule has 0 heterocycles. The lowest BCUT2D eigenvalue weighted by atomic mass is 10.5. The van der Waals surface area contributed by atoms with Crippen LogP contribution in [0.15, 0.2) is 0 Å². The predicted octanol–water partition coefficient (Wildman–Crippen LogP) is 1.81. The first-order valence-corrected chi connectivity index (χ1v) is 9.07. The molecule has 0 bridgehead atoms. The molecule has 0 spiro atoms. The Balaban J connectivity index is 4.41. The van der Waals surface area contributed by atoms with Crippen molar-refractivity contribution in [2.45, 2.75) is 58.1 Å². The van der Waals surface area contributed by atoms with Crippen molar-refractivity contribution < 1.29 is 14.2 Å². The molecule has 0 radical (unpaired) electrons. The van der Waals surface area contributed by atoms with Gasteiger partial charge in [0.1, 0.15) is 9.52 Å². The van der Waals surface area contributed by atoms with Crippen molar-refractivity contribution in [3.05, 3.63) is 0 Å². The van der Waals surface area contributed by atoms with Crippen LogP contribution in [-0.4, -0.2) is 41.5 Å². The van der Waals surface area contributed by atoms with E-state index >= 15 is 0 Å². The summed E-state index contributed by atoms with van der Waals surface area (Å²) < 4.78 is 17.7. The van der Waals surface area contributed by atoms with Gasteiger partial charge in [-0.25, -0.2) is 0 Å². The smallest absolute Gasteiger partial charge is 0.249 e. The summed E-state index contributed by atoms with van der Waals surface area (Å²) in [7, 11) is -0.600.